The van der Waals surface area contributed by atoms with Crippen LogP contribution >= 0.6 is 0 Å². The van der Waals surface area contributed by atoms with Crippen molar-refractivity contribution in [2.75, 3.05) is 26.7 Å². The Morgan fingerprint density at radius 2 is 1.94 bits per heavy atom. The van der Waals surface area contributed by atoms with Gasteiger partial charge >= 0.3 is 0 Å². The number of rotatable bonds is 6. The average molecular weight is 513 g/mol. The van der Waals surface area contributed by atoms with Crippen molar-refractivity contribution in [1.82, 2.24) is 9.21 Å². The number of carbonyl (C=O) groups is 1. The quantitative estimate of drug-likeness (QED) is 0.627. The maximum absolute atomic E-state index is 13.7. The van der Waals surface area contributed by atoms with Crippen molar-refractivity contribution >= 4 is 21.5 Å². The van der Waals surface area contributed by atoms with Gasteiger partial charge in [0.25, 0.3) is 5.91 Å². The van der Waals surface area contributed by atoms with E-state index in [1.807, 2.05) is 37.3 Å². The van der Waals surface area contributed by atoms with Crippen LogP contribution in [0.3, 0.4) is 0 Å². The average Bonchev–Trinajstić information content (AvgIpc) is 2.90. The zero-order valence-electron chi connectivity index (χ0n) is 21.3. The third kappa shape index (κ3) is 5.51. The summed E-state index contributed by atoms with van der Waals surface area (Å²) in [5.41, 5.74) is 2.75. The molecule has 0 unspecified atom stereocenters. The number of carbonyl (C=O) groups excluding carboxylic acids is 1. The van der Waals surface area contributed by atoms with Crippen molar-refractivity contribution in [2.45, 2.75) is 56.6 Å². The number of ether oxygens (including phenoxy) is 1. The van der Waals surface area contributed by atoms with E-state index in [4.69, 9.17) is 4.74 Å². The summed E-state index contributed by atoms with van der Waals surface area (Å²) in [5.74, 6) is -0.0558. The number of amides is 1. The number of hydrogen-bond donors (Lipinski definition) is 1. The van der Waals surface area contributed by atoms with Gasteiger partial charge in [-0.1, -0.05) is 37.3 Å². The first-order chi connectivity index (χ1) is 17.2. The minimum atomic E-state index is -3.90. The van der Waals surface area contributed by atoms with E-state index in [-0.39, 0.29) is 29.9 Å². The second-order valence-electron chi connectivity index (χ2n) is 9.93. The lowest BCUT2D eigenvalue weighted by molar-refractivity contribution is 0.0563. The molecular weight excluding hydrogens is 476 g/mol. The summed E-state index contributed by atoms with van der Waals surface area (Å²) < 4.78 is 35.2. The zero-order valence-corrected chi connectivity index (χ0v) is 22.1. The lowest BCUT2D eigenvalue weighted by Crippen LogP contribution is -2.50. The van der Waals surface area contributed by atoms with E-state index in [0.29, 0.717) is 17.9 Å². The number of benzene rings is 2. The molecule has 1 N–H and O–H groups in total. The third-order valence-corrected chi connectivity index (χ3v) is 9.17. The number of hydrogen-bond acceptors (Lipinski definition) is 5. The van der Waals surface area contributed by atoms with Gasteiger partial charge in [0, 0.05) is 31.1 Å². The van der Waals surface area contributed by atoms with Crippen LogP contribution in [-0.4, -0.2) is 67.5 Å². The first-order valence-corrected chi connectivity index (χ1v) is 14.1. The van der Waals surface area contributed by atoms with Crippen molar-refractivity contribution in [1.29, 1.82) is 0 Å². The Morgan fingerprint density at radius 3 is 2.61 bits per heavy atom. The largest absolute Gasteiger partial charge is 0.487 e. The monoisotopic (exact) mass is 512 g/mol. The van der Waals surface area contributed by atoms with Crippen molar-refractivity contribution in [3.63, 3.8) is 0 Å². The van der Waals surface area contributed by atoms with Crippen LogP contribution in [0.25, 0.3) is 5.57 Å². The second kappa shape index (κ2) is 11.2. The van der Waals surface area contributed by atoms with E-state index in [0.717, 1.165) is 31.2 Å². The van der Waals surface area contributed by atoms with Gasteiger partial charge in [-0.05, 0) is 68.0 Å². The molecule has 7 nitrogen and oxygen atoms in total. The fraction of sp³-hybridized carbons (Fsp3) is 0.464. The molecule has 0 fully saturated rings. The highest BCUT2D eigenvalue weighted by Gasteiger charge is 2.38. The molecule has 0 radical (unpaired) electrons. The summed E-state index contributed by atoms with van der Waals surface area (Å²) in [5, 5.41) is 9.84. The first kappa shape index (κ1) is 26.4. The molecule has 8 heteroatoms. The summed E-state index contributed by atoms with van der Waals surface area (Å²) in [6.45, 7) is 3.81. The number of nitrogens with zero attached hydrogens (tertiary/aromatic N) is 2. The van der Waals surface area contributed by atoms with Crippen molar-refractivity contribution < 1.29 is 23.1 Å². The Morgan fingerprint density at radius 1 is 1.19 bits per heavy atom. The highest BCUT2D eigenvalue weighted by atomic mass is 32.2. The number of sulfonamides is 1. The maximum Gasteiger partial charge on any atom is 0.253 e. The summed E-state index contributed by atoms with van der Waals surface area (Å²) >= 11 is 0. The number of aliphatic hydroxyl groups excluding tert-OH is 1. The standard InChI is InChI=1S/C28H36N2O5S/c1-20-17-30(21(2)19-31)36(33,34)27-15-14-24(22-10-6-4-7-11-22)16-25(27)35-26(20)18-29(3)28(32)23-12-8-5-9-13-23/h5,8-10,12-16,20-21,26,31H,4,6-7,11,17-19H2,1-3H3/t20-,21-,26-/m1/s1. The first-order valence-electron chi connectivity index (χ1n) is 12.7. The topological polar surface area (TPSA) is 87.2 Å². The summed E-state index contributed by atoms with van der Waals surface area (Å²) in [6, 6.07) is 13.8. The smallest absolute Gasteiger partial charge is 0.253 e. The summed E-state index contributed by atoms with van der Waals surface area (Å²) in [7, 11) is -2.16. The molecule has 36 heavy (non-hydrogen) atoms. The normalized spacial score (nSPS) is 22.8. The fourth-order valence-electron chi connectivity index (χ4n) is 4.90. The summed E-state index contributed by atoms with van der Waals surface area (Å²) in [4.78, 5) is 14.7. The van der Waals surface area contributed by atoms with Crippen LogP contribution in [0.4, 0.5) is 0 Å². The van der Waals surface area contributed by atoms with Gasteiger partial charge in [0.1, 0.15) is 16.7 Å². The highest BCUT2D eigenvalue weighted by molar-refractivity contribution is 7.89. The third-order valence-electron chi connectivity index (χ3n) is 7.15. The van der Waals surface area contributed by atoms with Gasteiger partial charge < -0.3 is 14.7 Å². The molecule has 0 saturated heterocycles. The van der Waals surface area contributed by atoms with E-state index in [1.165, 1.54) is 9.88 Å². The minimum absolute atomic E-state index is 0.0944. The molecule has 0 saturated carbocycles. The molecule has 2 aliphatic rings. The maximum atomic E-state index is 13.7. The molecular formula is C28H36N2O5S. The van der Waals surface area contributed by atoms with Crippen LogP contribution in [0, 0.1) is 5.92 Å². The van der Waals surface area contributed by atoms with Crippen LogP contribution in [0.15, 0.2) is 59.5 Å². The van der Waals surface area contributed by atoms with Crippen molar-refractivity contribution in [3.8, 4) is 5.75 Å². The van der Waals surface area contributed by atoms with Crippen molar-refractivity contribution in [3.05, 3.63) is 65.7 Å². The van der Waals surface area contributed by atoms with E-state index in [1.54, 1.807) is 37.1 Å². The van der Waals surface area contributed by atoms with Crippen molar-refractivity contribution in [2.24, 2.45) is 5.92 Å². The van der Waals surface area contributed by atoms with Gasteiger partial charge in [-0.25, -0.2) is 8.42 Å². The van der Waals surface area contributed by atoms with Gasteiger partial charge in [-0.2, -0.15) is 4.31 Å². The van der Waals surface area contributed by atoms with Crippen LogP contribution in [0.5, 0.6) is 5.75 Å². The Hall–Kier alpha value is -2.68. The number of likely N-dealkylation sites (N-methyl/N-ethyl adjacent to an activating group) is 1. The number of aliphatic hydroxyl groups is 1. The van der Waals surface area contributed by atoms with Crippen LogP contribution < -0.4 is 4.74 Å². The molecule has 2 aromatic carbocycles. The van der Waals surface area contributed by atoms with E-state index in [9.17, 15) is 18.3 Å². The van der Waals surface area contributed by atoms with Gasteiger partial charge in [0.05, 0.1) is 13.2 Å². The highest BCUT2D eigenvalue weighted by Crippen LogP contribution is 2.37. The van der Waals surface area contributed by atoms with Crippen LogP contribution in [-0.2, 0) is 10.0 Å². The van der Waals surface area contributed by atoms with E-state index in [2.05, 4.69) is 6.08 Å². The molecule has 2 aromatic rings. The fourth-order valence-corrected chi connectivity index (χ4v) is 6.72. The number of allylic oxidation sites excluding steroid dienone is 2. The molecule has 0 spiro atoms. The van der Waals surface area contributed by atoms with Gasteiger partial charge in [0.15, 0.2) is 0 Å². The predicted molar refractivity (Wildman–Crippen MR) is 140 cm³/mol. The lowest BCUT2D eigenvalue weighted by Gasteiger charge is -2.37. The van der Waals surface area contributed by atoms with Crippen LogP contribution in [0.1, 0.15) is 55.5 Å². The van der Waals surface area contributed by atoms with E-state index >= 15 is 0 Å². The number of fused-ring (bicyclic) bond motifs is 1. The molecule has 1 heterocycles. The SMILES string of the molecule is C[C@@H]1CN([C@H](C)CO)S(=O)(=O)c2ccc(C3=CCCCC3)cc2O[C@@H]1CN(C)C(=O)c1ccccc1. The molecule has 1 amide bonds. The van der Waals surface area contributed by atoms with Gasteiger partial charge in [0.2, 0.25) is 10.0 Å². The predicted octanol–water partition coefficient (Wildman–Crippen LogP) is 4.18. The zero-order chi connectivity index (χ0) is 25.9. The minimum Gasteiger partial charge on any atom is -0.487 e. The van der Waals surface area contributed by atoms with Gasteiger partial charge in [-0.3, -0.25) is 4.79 Å². The van der Waals surface area contributed by atoms with E-state index < -0.39 is 22.2 Å². The summed E-state index contributed by atoms with van der Waals surface area (Å²) in [6.07, 6.45) is 6.01. The molecule has 4 rings (SSSR count). The molecule has 1 aliphatic heterocycles. The molecule has 0 aromatic heterocycles. The Bertz CT molecular complexity index is 1210. The molecule has 194 valence electrons. The molecule has 1 aliphatic carbocycles. The Balaban J connectivity index is 1.72. The second-order valence-corrected chi connectivity index (χ2v) is 11.8. The van der Waals surface area contributed by atoms with Crippen LogP contribution in [0.2, 0.25) is 0 Å². The lowest BCUT2D eigenvalue weighted by atomic mass is 9.93. The molecule has 0 bridgehead atoms. The van der Waals surface area contributed by atoms with Gasteiger partial charge in [-0.15, -0.1) is 0 Å². The Labute approximate surface area is 214 Å². The Kier molecular flexibility index (Phi) is 8.17. The molecule has 3 atom stereocenters.